The monoisotopic (exact) mass is 385 g/mol. The van der Waals surface area contributed by atoms with E-state index in [1.807, 2.05) is 37.3 Å². The number of fused-ring (bicyclic) bond motifs is 1. The molecule has 4 heteroatoms. The Morgan fingerprint density at radius 1 is 1.00 bits per heavy atom. The molecule has 0 amide bonds. The van der Waals surface area contributed by atoms with E-state index < -0.39 is 5.97 Å². The molecule has 0 fully saturated rings. The molecule has 0 aliphatic rings. The lowest BCUT2D eigenvalue weighted by atomic mass is 10.0. The molecule has 2 aromatic heterocycles. The van der Waals surface area contributed by atoms with Gasteiger partial charge >= 0.3 is 5.97 Å². The van der Waals surface area contributed by atoms with Gasteiger partial charge in [0.1, 0.15) is 11.5 Å². The molecule has 0 aliphatic carbocycles. The highest BCUT2D eigenvalue weighted by Crippen LogP contribution is 2.30. The lowest BCUT2D eigenvalue weighted by molar-refractivity contribution is 0.0699. The predicted molar refractivity (Wildman–Crippen MR) is 115 cm³/mol. The second kappa shape index (κ2) is 7.92. The first-order chi connectivity index (χ1) is 14.0. The van der Waals surface area contributed by atoms with Gasteiger partial charge in [-0.2, -0.15) is 0 Å². The van der Waals surface area contributed by atoms with Gasteiger partial charge in [-0.1, -0.05) is 49.2 Å². The number of benzene rings is 2. The van der Waals surface area contributed by atoms with E-state index in [1.165, 1.54) is 18.4 Å². The highest BCUT2D eigenvalue weighted by molar-refractivity contribution is 6.03. The zero-order valence-electron chi connectivity index (χ0n) is 16.6. The number of unbranched alkanes of at least 4 members (excludes halogenated alkanes) is 1. The Kier molecular flexibility index (Phi) is 5.17. The van der Waals surface area contributed by atoms with Crippen molar-refractivity contribution < 1.29 is 14.3 Å². The number of carboxylic acid groups (broad SMARTS) is 1. The van der Waals surface area contributed by atoms with E-state index in [0.29, 0.717) is 22.4 Å². The van der Waals surface area contributed by atoms with Gasteiger partial charge in [-0.05, 0) is 55.7 Å². The molecule has 0 radical (unpaired) electrons. The minimum atomic E-state index is -0.973. The molecule has 4 rings (SSSR count). The second-order valence-corrected chi connectivity index (χ2v) is 7.35. The van der Waals surface area contributed by atoms with Gasteiger partial charge < -0.3 is 9.52 Å². The van der Waals surface area contributed by atoms with Crippen molar-refractivity contribution in [3.05, 3.63) is 77.4 Å². The number of pyridine rings is 1. The van der Waals surface area contributed by atoms with Crippen molar-refractivity contribution in [2.45, 2.75) is 33.1 Å². The summed E-state index contributed by atoms with van der Waals surface area (Å²) in [4.78, 5) is 16.4. The highest BCUT2D eigenvalue weighted by Gasteiger charge is 2.15. The van der Waals surface area contributed by atoms with Crippen LogP contribution in [0.2, 0.25) is 0 Å². The average molecular weight is 385 g/mol. The smallest absolute Gasteiger partial charge is 0.336 e. The normalized spacial score (nSPS) is 11.1. The van der Waals surface area contributed by atoms with Crippen LogP contribution in [0.25, 0.3) is 33.7 Å². The molecule has 2 heterocycles. The molecule has 0 bridgehead atoms. The maximum atomic E-state index is 11.8. The van der Waals surface area contributed by atoms with Crippen molar-refractivity contribution in [1.82, 2.24) is 4.98 Å². The fourth-order valence-electron chi connectivity index (χ4n) is 3.49. The fourth-order valence-corrected chi connectivity index (χ4v) is 3.49. The first-order valence-corrected chi connectivity index (χ1v) is 9.89. The van der Waals surface area contributed by atoms with Crippen LogP contribution in [0.1, 0.15) is 41.3 Å². The van der Waals surface area contributed by atoms with Crippen molar-refractivity contribution in [2.75, 3.05) is 0 Å². The van der Waals surface area contributed by atoms with Gasteiger partial charge in [0.2, 0.25) is 0 Å². The van der Waals surface area contributed by atoms with E-state index in [0.717, 1.165) is 23.3 Å². The van der Waals surface area contributed by atoms with Gasteiger partial charge in [-0.25, -0.2) is 9.78 Å². The molecule has 2 aromatic carbocycles. The minimum Gasteiger partial charge on any atom is -0.478 e. The predicted octanol–water partition coefficient (Wildman–Crippen LogP) is 6.51. The molecule has 0 saturated heterocycles. The average Bonchev–Trinajstić information content (AvgIpc) is 3.22. The van der Waals surface area contributed by atoms with Gasteiger partial charge in [0, 0.05) is 10.9 Å². The van der Waals surface area contributed by atoms with E-state index in [9.17, 15) is 9.90 Å². The minimum absolute atomic E-state index is 0.229. The summed E-state index contributed by atoms with van der Waals surface area (Å²) in [6, 6.07) is 19.3. The number of hydrogen-bond acceptors (Lipinski definition) is 3. The topological polar surface area (TPSA) is 63.3 Å². The van der Waals surface area contributed by atoms with Gasteiger partial charge in [-0.15, -0.1) is 0 Å². The zero-order valence-corrected chi connectivity index (χ0v) is 16.6. The van der Waals surface area contributed by atoms with Crippen molar-refractivity contribution in [1.29, 1.82) is 0 Å². The second-order valence-electron chi connectivity index (χ2n) is 7.35. The summed E-state index contributed by atoms with van der Waals surface area (Å²) in [5, 5.41) is 10.3. The summed E-state index contributed by atoms with van der Waals surface area (Å²) in [6.07, 6.45) is 3.45. The summed E-state index contributed by atoms with van der Waals surface area (Å²) < 4.78 is 6.03. The third-order valence-electron chi connectivity index (χ3n) is 5.11. The largest absolute Gasteiger partial charge is 0.478 e. The Bertz CT molecular complexity index is 1170. The van der Waals surface area contributed by atoms with E-state index in [1.54, 1.807) is 6.07 Å². The Morgan fingerprint density at radius 3 is 2.48 bits per heavy atom. The number of rotatable bonds is 6. The fraction of sp³-hybridized carbons (Fsp3) is 0.200. The molecule has 4 aromatic rings. The first-order valence-electron chi connectivity index (χ1n) is 9.89. The molecule has 0 atom stereocenters. The van der Waals surface area contributed by atoms with E-state index in [4.69, 9.17) is 4.42 Å². The Labute approximate surface area is 169 Å². The molecule has 0 saturated carbocycles. The maximum Gasteiger partial charge on any atom is 0.336 e. The molecular weight excluding hydrogens is 362 g/mol. The Balaban J connectivity index is 1.70. The number of carbonyl (C=O) groups is 1. The number of furan rings is 1. The van der Waals surface area contributed by atoms with Crippen LogP contribution in [-0.2, 0) is 6.42 Å². The van der Waals surface area contributed by atoms with Crippen molar-refractivity contribution in [3.8, 4) is 22.8 Å². The molecule has 0 unspecified atom stereocenters. The lowest BCUT2D eigenvalue weighted by Gasteiger charge is -2.06. The van der Waals surface area contributed by atoms with Gasteiger partial charge in [-0.3, -0.25) is 0 Å². The quantitative estimate of drug-likeness (QED) is 0.411. The number of aromatic nitrogens is 1. The third kappa shape index (κ3) is 3.92. The molecular formula is C25H23NO3. The molecule has 29 heavy (non-hydrogen) atoms. The van der Waals surface area contributed by atoms with Crippen LogP contribution in [0.5, 0.6) is 0 Å². The van der Waals surface area contributed by atoms with Gasteiger partial charge in [0.25, 0.3) is 0 Å². The standard InChI is InChI=1S/C25H23NO3/c1-3-4-5-17-7-9-18(10-8-17)23-12-13-24(29-23)22-15-20(25(27)28)19-14-16(2)6-11-21(19)26-22/h6-15H,3-5H2,1-2H3,(H,27,28). The van der Waals surface area contributed by atoms with Crippen LogP contribution in [0.3, 0.4) is 0 Å². The van der Waals surface area contributed by atoms with E-state index in [-0.39, 0.29) is 5.56 Å². The molecule has 0 aliphatic heterocycles. The molecule has 1 N–H and O–H groups in total. The molecule has 0 spiro atoms. The maximum absolute atomic E-state index is 11.8. The van der Waals surface area contributed by atoms with Crippen LogP contribution < -0.4 is 0 Å². The van der Waals surface area contributed by atoms with Gasteiger partial charge in [0.15, 0.2) is 5.76 Å². The lowest BCUT2D eigenvalue weighted by Crippen LogP contribution is -2.00. The van der Waals surface area contributed by atoms with E-state index in [2.05, 4.69) is 36.2 Å². The van der Waals surface area contributed by atoms with Crippen LogP contribution >= 0.6 is 0 Å². The van der Waals surface area contributed by atoms with Crippen LogP contribution in [0.15, 0.2) is 65.1 Å². The summed E-state index contributed by atoms with van der Waals surface area (Å²) in [7, 11) is 0. The first kappa shape index (κ1) is 18.9. The Morgan fingerprint density at radius 2 is 1.76 bits per heavy atom. The number of aromatic carboxylic acids is 1. The number of nitrogens with zero attached hydrogens (tertiary/aromatic N) is 1. The van der Waals surface area contributed by atoms with Crippen molar-refractivity contribution in [3.63, 3.8) is 0 Å². The van der Waals surface area contributed by atoms with Crippen molar-refractivity contribution >= 4 is 16.9 Å². The number of aryl methyl sites for hydroxylation is 2. The zero-order chi connectivity index (χ0) is 20.4. The van der Waals surface area contributed by atoms with Gasteiger partial charge in [0.05, 0.1) is 11.1 Å². The van der Waals surface area contributed by atoms with Crippen LogP contribution in [0.4, 0.5) is 0 Å². The van der Waals surface area contributed by atoms with E-state index >= 15 is 0 Å². The number of hydrogen-bond donors (Lipinski definition) is 1. The molecule has 4 nitrogen and oxygen atoms in total. The van der Waals surface area contributed by atoms with Crippen LogP contribution in [0, 0.1) is 6.92 Å². The highest BCUT2D eigenvalue weighted by atomic mass is 16.4. The van der Waals surface area contributed by atoms with Crippen molar-refractivity contribution in [2.24, 2.45) is 0 Å². The summed E-state index contributed by atoms with van der Waals surface area (Å²) in [6.45, 7) is 4.13. The summed E-state index contributed by atoms with van der Waals surface area (Å²) in [5.41, 5.74) is 4.70. The molecule has 146 valence electrons. The number of carboxylic acids is 1. The summed E-state index contributed by atoms with van der Waals surface area (Å²) in [5.74, 6) is 0.323. The Hall–Kier alpha value is -3.40. The summed E-state index contributed by atoms with van der Waals surface area (Å²) >= 11 is 0. The SMILES string of the molecule is CCCCc1ccc(-c2ccc(-c3cc(C(=O)O)c4cc(C)ccc4n3)o2)cc1. The van der Waals surface area contributed by atoms with Crippen LogP contribution in [-0.4, -0.2) is 16.1 Å². The third-order valence-corrected chi connectivity index (χ3v) is 5.11.